The van der Waals surface area contributed by atoms with E-state index in [1.165, 1.54) is 36.8 Å². The van der Waals surface area contributed by atoms with Gasteiger partial charge in [0, 0.05) is 12.1 Å². The normalized spacial score (nSPS) is 8.00. The molecular weight excluding hydrogens is 288 g/mol. The van der Waals surface area contributed by atoms with Crippen molar-refractivity contribution < 1.29 is 43.6 Å². The molecule has 0 saturated heterocycles. The molecule has 0 atom stereocenters. The van der Waals surface area contributed by atoms with Crippen LogP contribution in [0.3, 0.4) is 0 Å². The summed E-state index contributed by atoms with van der Waals surface area (Å²) in [6, 6.07) is 5.77. The molecule has 0 bridgehead atoms. The van der Waals surface area contributed by atoms with Crippen molar-refractivity contribution in [1.29, 1.82) is 0 Å². The van der Waals surface area contributed by atoms with E-state index in [9.17, 15) is 19.8 Å². The van der Waals surface area contributed by atoms with Crippen LogP contribution in [0.25, 0.3) is 0 Å². The first-order valence-corrected chi connectivity index (χ1v) is 4.42. The second-order valence-electron chi connectivity index (χ2n) is 2.57. The van der Waals surface area contributed by atoms with Crippen molar-refractivity contribution in [1.82, 2.24) is 0 Å². The minimum atomic E-state index is -1.62. The van der Waals surface area contributed by atoms with Crippen molar-refractivity contribution in [3.8, 4) is 11.9 Å². The zero-order valence-electron chi connectivity index (χ0n) is 9.94. The topological polar surface area (TPSA) is 156 Å². The molecule has 0 radical (unpaired) electrons. The Hall–Kier alpha value is -2.17. The molecular formula is C10H8MgO9. The molecule has 9 nitrogen and oxygen atoms in total. The van der Waals surface area contributed by atoms with Gasteiger partial charge in [-0.1, -0.05) is 0 Å². The molecule has 2 heterocycles. The van der Waals surface area contributed by atoms with Crippen LogP contribution in [0.1, 0.15) is 0 Å². The average Bonchev–Trinajstić information content (AvgIpc) is 2.90. The summed E-state index contributed by atoms with van der Waals surface area (Å²) in [5.74, 6) is -0.148. The predicted molar refractivity (Wildman–Crippen MR) is 58.8 cm³/mol. The van der Waals surface area contributed by atoms with Gasteiger partial charge in [0.05, 0.1) is 12.5 Å². The second-order valence-corrected chi connectivity index (χ2v) is 2.57. The summed E-state index contributed by atoms with van der Waals surface area (Å²) in [6.45, 7) is 0. The third-order valence-corrected chi connectivity index (χ3v) is 1.36. The first kappa shape index (κ1) is 20.2. The van der Waals surface area contributed by atoms with Gasteiger partial charge in [-0.3, -0.25) is 0 Å². The van der Waals surface area contributed by atoms with E-state index in [1.54, 1.807) is 0 Å². The third kappa shape index (κ3) is 8.85. The van der Waals surface area contributed by atoms with Crippen molar-refractivity contribution in [3.63, 3.8) is 0 Å². The van der Waals surface area contributed by atoms with Crippen LogP contribution < -0.4 is 19.7 Å². The first-order valence-electron chi connectivity index (χ1n) is 4.42. The van der Waals surface area contributed by atoms with Gasteiger partial charge in [-0.2, -0.15) is 0 Å². The van der Waals surface area contributed by atoms with Crippen LogP contribution in [0, 0.1) is 0 Å². The van der Waals surface area contributed by atoms with Gasteiger partial charge in [0.1, 0.15) is 0 Å². The molecule has 0 aromatic carbocycles. The van der Waals surface area contributed by atoms with Crippen LogP contribution in [0.15, 0.2) is 45.6 Å². The first-order chi connectivity index (χ1) is 8.58. The Morgan fingerprint density at radius 3 is 1.45 bits per heavy atom. The van der Waals surface area contributed by atoms with E-state index < -0.39 is 12.3 Å². The molecule has 0 spiro atoms. The summed E-state index contributed by atoms with van der Waals surface area (Å²) in [5.41, 5.74) is 0. The number of ether oxygens (including phenoxy) is 2. The molecule has 10 heteroatoms. The average molecular weight is 296 g/mol. The molecule has 0 amide bonds. The van der Waals surface area contributed by atoms with Crippen LogP contribution >= 0.6 is 0 Å². The van der Waals surface area contributed by atoms with Gasteiger partial charge in [0.15, 0.2) is 0 Å². The Morgan fingerprint density at radius 1 is 0.900 bits per heavy atom. The molecule has 0 unspecified atom stereocenters. The molecule has 0 aliphatic rings. The number of hydrogen-bond acceptors (Lipinski definition) is 8. The van der Waals surface area contributed by atoms with Crippen LogP contribution in [0.2, 0.25) is 0 Å². The van der Waals surface area contributed by atoms with Gasteiger partial charge in [0.25, 0.3) is 12.3 Å². The monoisotopic (exact) mass is 296 g/mol. The molecule has 2 N–H and O–H groups in total. The van der Waals surface area contributed by atoms with E-state index in [1.807, 2.05) is 0 Å². The summed E-state index contributed by atoms with van der Waals surface area (Å²) in [5, 5.41) is 19.3. The Bertz CT molecular complexity index is 431. The van der Waals surface area contributed by atoms with Crippen molar-refractivity contribution >= 4 is 35.4 Å². The van der Waals surface area contributed by atoms with Crippen molar-refractivity contribution in [2.45, 2.75) is 0 Å². The van der Waals surface area contributed by atoms with E-state index in [0.717, 1.165) is 0 Å². The number of carboxylic acid groups (broad SMARTS) is 2. The molecule has 0 aliphatic carbocycles. The van der Waals surface area contributed by atoms with Gasteiger partial charge in [-0.25, -0.2) is 0 Å². The molecule has 20 heavy (non-hydrogen) atoms. The molecule has 2 rings (SSSR count). The summed E-state index contributed by atoms with van der Waals surface area (Å²) >= 11 is 0. The fourth-order valence-corrected chi connectivity index (χ4v) is 0.807. The fourth-order valence-electron chi connectivity index (χ4n) is 0.807. The van der Waals surface area contributed by atoms with Crippen LogP contribution in [0.4, 0.5) is 9.59 Å². The number of carbonyl (C=O) groups is 2. The van der Waals surface area contributed by atoms with Crippen molar-refractivity contribution in [3.05, 3.63) is 36.8 Å². The maximum absolute atomic E-state index is 9.67. The van der Waals surface area contributed by atoms with Gasteiger partial charge < -0.3 is 43.6 Å². The van der Waals surface area contributed by atoms with Gasteiger partial charge in [-0.15, -0.1) is 0 Å². The summed E-state index contributed by atoms with van der Waals surface area (Å²) in [6.07, 6.45) is -0.633. The third-order valence-electron chi connectivity index (χ3n) is 1.36. The summed E-state index contributed by atoms with van der Waals surface area (Å²) < 4.78 is 17.0. The Balaban J connectivity index is 0. The van der Waals surface area contributed by atoms with Crippen molar-refractivity contribution in [2.75, 3.05) is 0 Å². The van der Waals surface area contributed by atoms with E-state index in [4.69, 9.17) is 0 Å². The number of hydrogen-bond donors (Lipinski definition) is 0. The van der Waals surface area contributed by atoms with Crippen molar-refractivity contribution in [2.24, 2.45) is 0 Å². The van der Waals surface area contributed by atoms with Gasteiger partial charge in [0.2, 0.25) is 11.9 Å². The molecule has 104 valence electrons. The quantitative estimate of drug-likeness (QED) is 0.493. The Labute approximate surface area is 128 Å². The zero-order valence-corrected chi connectivity index (χ0v) is 11.4. The minimum absolute atomic E-state index is 0. The summed E-state index contributed by atoms with van der Waals surface area (Å²) in [4.78, 5) is 19.3. The van der Waals surface area contributed by atoms with Gasteiger partial charge in [-0.05, 0) is 12.1 Å². The van der Waals surface area contributed by atoms with Crippen LogP contribution in [0.5, 0.6) is 11.9 Å². The zero-order chi connectivity index (χ0) is 13.4. The SMILES string of the molecule is O.O=C([O-])Oc1ccco1.O=C([O-])Oc1ccco1.[Mg+2]. The molecule has 0 saturated carbocycles. The fraction of sp³-hybridized carbons (Fsp3) is 0. The van der Waals surface area contributed by atoms with E-state index in [2.05, 4.69) is 18.3 Å². The molecule has 2 aromatic heterocycles. The van der Waals surface area contributed by atoms with Crippen LogP contribution in [-0.4, -0.2) is 40.8 Å². The largest absolute Gasteiger partial charge is 2.00 e. The molecule has 0 fully saturated rings. The minimum Gasteiger partial charge on any atom is -0.484 e. The van der Waals surface area contributed by atoms with Crippen LogP contribution in [-0.2, 0) is 0 Å². The van der Waals surface area contributed by atoms with Gasteiger partial charge >= 0.3 is 23.1 Å². The number of furan rings is 2. The van der Waals surface area contributed by atoms with E-state index in [0.29, 0.717) is 0 Å². The Morgan fingerprint density at radius 2 is 1.25 bits per heavy atom. The molecule has 0 aliphatic heterocycles. The number of rotatable bonds is 2. The second kappa shape index (κ2) is 10.7. The standard InChI is InChI=1S/2C5H4O4.Mg.H2O/c2*6-5(7)9-4-2-1-3-8-4;;/h2*1-3H,(H,6,7);;1H2/q;;+2;/p-2. The van der Waals surface area contributed by atoms with E-state index in [-0.39, 0.29) is 40.4 Å². The number of carbonyl (C=O) groups excluding carboxylic acids is 2. The maximum Gasteiger partial charge on any atom is 2.00 e. The predicted octanol–water partition coefficient (Wildman–Crippen LogP) is -1.20. The summed E-state index contributed by atoms with van der Waals surface area (Å²) in [7, 11) is 0. The maximum atomic E-state index is 9.67. The Kier molecular flexibility index (Phi) is 10.8. The molecule has 2 aromatic rings. The smallest absolute Gasteiger partial charge is 0.484 e. The van der Waals surface area contributed by atoms with E-state index >= 15 is 0 Å².